The zero-order valence-corrected chi connectivity index (χ0v) is 12.5. The molecular formula is C11H21NO6S. The van der Waals surface area contributed by atoms with Crippen molar-refractivity contribution in [1.82, 2.24) is 4.90 Å². The molecule has 112 valence electrons. The molecule has 1 aliphatic heterocycles. The molecule has 19 heavy (non-hydrogen) atoms. The first-order valence-corrected chi connectivity index (χ1v) is 7.82. The van der Waals surface area contributed by atoms with E-state index in [9.17, 15) is 13.2 Å². The second kappa shape index (κ2) is 6.06. The van der Waals surface area contributed by atoms with Crippen LogP contribution in [-0.2, 0) is 23.8 Å². The Kier molecular flexibility index (Phi) is 5.17. The smallest absolute Gasteiger partial charge is 0.410 e. The predicted molar refractivity (Wildman–Crippen MR) is 68.3 cm³/mol. The lowest BCUT2D eigenvalue weighted by Crippen LogP contribution is -2.48. The Morgan fingerprint density at radius 2 is 2.05 bits per heavy atom. The Balaban J connectivity index is 2.48. The first-order chi connectivity index (χ1) is 8.57. The molecule has 1 heterocycles. The molecule has 0 saturated carbocycles. The molecule has 0 aromatic rings. The number of rotatable bonds is 3. The van der Waals surface area contributed by atoms with E-state index in [0.717, 1.165) is 6.26 Å². The summed E-state index contributed by atoms with van der Waals surface area (Å²) in [6.45, 7) is 6.27. The van der Waals surface area contributed by atoms with Gasteiger partial charge in [-0.2, -0.15) is 8.42 Å². The van der Waals surface area contributed by atoms with Crippen LogP contribution in [0.5, 0.6) is 0 Å². The molecule has 1 atom stereocenters. The summed E-state index contributed by atoms with van der Waals surface area (Å²) in [4.78, 5) is 13.3. The number of hydrogen-bond donors (Lipinski definition) is 0. The summed E-state index contributed by atoms with van der Waals surface area (Å²) < 4.78 is 37.0. The quantitative estimate of drug-likeness (QED) is 0.709. The van der Waals surface area contributed by atoms with E-state index in [4.69, 9.17) is 9.47 Å². The average Bonchev–Trinajstić information content (AvgIpc) is 2.23. The highest BCUT2D eigenvalue weighted by Gasteiger charge is 2.28. The minimum absolute atomic E-state index is 0.0991. The summed E-state index contributed by atoms with van der Waals surface area (Å²) in [6.07, 6.45) is 0.0812. The number of hydrogen-bond acceptors (Lipinski definition) is 6. The number of carbonyl (C=O) groups excluding carboxylic acids is 1. The minimum atomic E-state index is -3.50. The maximum absolute atomic E-state index is 11.8. The molecule has 1 fully saturated rings. The van der Waals surface area contributed by atoms with Crippen molar-refractivity contribution in [2.75, 3.05) is 32.6 Å². The second-order valence-electron chi connectivity index (χ2n) is 5.41. The Bertz CT molecular complexity index is 413. The molecule has 0 unspecified atom stereocenters. The third kappa shape index (κ3) is 6.74. The summed E-state index contributed by atoms with van der Waals surface area (Å²) in [5.74, 6) is 0. The highest BCUT2D eigenvalue weighted by molar-refractivity contribution is 7.85. The van der Waals surface area contributed by atoms with Gasteiger partial charge in [-0.25, -0.2) is 4.79 Å². The lowest BCUT2D eigenvalue weighted by Gasteiger charge is -2.33. The van der Waals surface area contributed by atoms with E-state index < -0.39 is 27.9 Å². The van der Waals surface area contributed by atoms with E-state index in [1.165, 1.54) is 4.90 Å². The molecule has 1 saturated heterocycles. The lowest BCUT2D eigenvalue weighted by molar-refractivity contribution is -0.0548. The molecule has 1 rings (SSSR count). The zero-order chi connectivity index (χ0) is 14.7. The van der Waals surface area contributed by atoms with Crippen LogP contribution in [0.1, 0.15) is 20.8 Å². The van der Waals surface area contributed by atoms with Crippen molar-refractivity contribution in [3.63, 3.8) is 0 Å². The van der Waals surface area contributed by atoms with Crippen LogP contribution >= 0.6 is 0 Å². The van der Waals surface area contributed by atoms with Crippen molar-refractivity contribution in [3.05, 3.63) is 0 Å². The van der Waals surface area contributed by atoms with Crippen molar-refractivity contribution in [2.45, 2.75) is 32.5 Å². The predicted octanol–water partition coefficient (Wildman–Crippen LogP) is 0.599. The fourth-order valence-electron chi connectivity index (χ4n) is 1.51. The van der Waals surface area contributed by atoms with Crippen LogP contribution < -0.4 is 0 Å². The van der Waals surface area contributed by atoms with Gasteiger partial charge in [0.25, 0.3) is 10.1 Å². The van der Waals surface area contributed by atoms with E-state index in [1.807, 2.05) is 0 Å². The first-order valence-electron chi connectivity index (χ1n) is 6.01. The first kappa shape index (κ1) is 16.2. The standard InChI is InChI=1S/C11H21NO6S/c1-11(2,3)18-10(13)12-5-6-16-9(7-12)8-17-19(4,14)15/h9H,5-8H2,1-4H3/t9-/m1/s1. The van der Waals surface area contributed by atoms with Crippen molar-refractivity contribution < 1.29 is 26.9 Å². The third-order valence-corrected chi connectivity index (χ3v) is 2.82. The summed E-state index contributed by atoms with van der Waals surface area (Å²) in [7, 11) is -3.50. The molecule has 8 heteroatoms. The molecule has 1 amide bonds. The van der Waals surface area contributed by atoms with Gasteiger partial charge < -0.3 is 14.4 Å². The monoisotopic (exact) mass is 295 g/mol. The molecule has 0 N–H and O–H groups in total. The Morgan fingerprint density at radius 3 is 2.58 bits per heavy atom. The fraction of sp³-hybridized carbons (Fsp3) is 0.909. The maximum Gasteiger partial charge on any atom is 0.410 e. The van der Waals surface area contributed by atoms with Crippen molar-refractivity contribution in [2.24, 2.45) is 0 Å². The van der Waals surface area contributed by atoms with Gasteiger partial charge in [0.2, 0.25) is 0 Å². The highest BCUT2D eigenvalue weighted by atomic mass is 32.2. The molecule has 7 nitrogen and oxygen atoms in total. The molecule has 0 aromatic carbocycles. The third-order valence-electron chi connectivity index (χ3n) is 2.26. The second-order valence-corrected chi connectivity index (χ2v) is 7.05. The van der Waals surface area contributed by atoms with Gasteiger partial charge in [0.15, 0.2) is 0 Å². The number of carbonyl (C=O) groups is 1. The van der Waals surface area contributed by atoms with Gasteiger partial charge in [-0.1, -0.05) is 0 Å². The highest BCUT2D eigenvalue weighted by Crippen LogP contribution is 2.13. The number of morpholine rings is 1. The molecule has 1 aliphatic rings. The van der Waals surface area contributed by atoms with Crippen LogP contribution in [0.15, 0.2) is 0 Å². The van der Waals surface area contributed by atoms with Crippen LogP contribution in [0.4, 0.5) is 4.79 Å². The van der Waals surface area contributed by atoms with E-state index >= 15 is 0 Å². The van der Waals surface area contributed by atoms with E-state index in [2.05, 4.69) is 4.18 Å². The molecule has 0 bridgehead atoms. The summed E-state index contributed by atoms with van der Waals surface area (Å²) in [6, 6.07) is 0. The summed E-state index contributed by atoms with van der Waals surface area (Å²) in [5.41, 5.74) is -0.561. The largest absolute Gasteiger partial charge is 0.444 e. The molecule has 0 radical (unpaired) electrons. The topological polar surface area (TPSA) is 82.1 Å². The van der Waals surface area contributed by atoms with Gasteiger partial charge in [-0.05, 0) is 20.8 Å². The molecule has 0 aromatic heterocycles. The number of nitrogens with zero attached hydrogens (tertiary/aromatic N) is 1. The van der Waals surface area contributed by atoms with E-state index in [0.29, 0.717) is 13.2 Å². The van der Waals surface area contributed by atoms with Crippen LogP contribution in [0, 0.1) is 0 Å². The Labute approximate surface area is 113 Å². The van der Waals surface area contributed by atoms with Crippen molar-refractivity contribution in [1.29, 1.82) is 0 Å². The maximum atomic E-state index is 11.8. The minimum Gasteiger partial charge on any atom is -0.444 e. The number of ether oxygens (including phenoxy) is 2. The van der Waals surface area contributed by atoms with E-state index in [1.54, 1.807) is 20.8 Å². The Hall–Kier alpha value is -0.860. The van der Waals surface area contributed by atoms with Crippen molar-refractivity contribution >= 4 is 16.2 Å². The van der Waals surface area contributed by atoms with Crippen LogP contribution in [0.3, 0.4) is 0 Å². The fourth-order valence-corrected chi connectivity index (χ4v) is 1.91. The molecule has 0 spiro atoms. The van der Waals surface area contributed by atoms with Gasteiger partial charge in [-0.3, -0.25) is 4.18 Å². The van der Waals surface area contributed by atoms with Gasteiger partial charge in [0.05, 0.1) is 26.0 Å². The van der Waals surface area contributed by atoms with Gasteiger partial charge >= 0.3 is 6.09 Å². The van der Waals surface area contributed by atoms with Crippen LogP contribution in [0.25, 0.3) is 0 Å². The van der Waals surface area contributed by atoms with Gasteiger partial charge in [-0.15, -0.1) is 0 Å². The van der Waals surface area contributed by atoms with Gasteiger partial charge in [0.1, 0.15) is 11.7 Å². The summed E-state index contributed by atoms with van der Waals surface area (Å²) >= 11 is 0. The number of amides is 1. The SMILES string of the molecule is CC(C)(C)OC(=O)N1CCO[C@@H](COS(C)(=O)=O)C1. The summed E-state index contributed by atoms with van der Waals surface area (Å²) in [5, 5.41) is 0. The lowest BCUT2D eigenvalue weighted by atomic mass is 10.2. The van der Waals surface area contributed by atoms with Crippen LogP contribution in [-0.4, -0.2) is 63.7 Å². The van der Waals surface area contributed by atoms with E-state index in [-0.39, 0.29) is 13.2 Å². The Morgan fingerprint density at radius 1 is 1.42 bits per heavy atom. The normalized spacial score (nSPS) is 21.3. The van der Waals surface area contributed by atoms with Crippen molar-refractivity contribution in [3.8, 4) is 0 Å². The molecular weight excluding hydrogens is 274 g/mol. The van der Waals surface area contributed by atoms with Crippen LogP contribution in [0.2, 0.25) is 0 Å². The molecule has 0 aliphatic carbocycles. The zero-order valence-electron chi connectivity index (χ0n) is 11.7. The average molecular weight is 295 g/mol. The van der Waals surface area contributed by atoms with Gasteiger partial charge in [0, 0.05) is 6.54 Å².